The van der Waals surface area contributed by atoms with Gasteiger partial charge in [-0.3, -0.25) is 4.98 Å². The van der Waals surface area contributed by atoms with E-state index in [0.29, 0.717) is 23.8 Å². The molecule has 1 aliphatic heterocycles. The van der Waals surface area contributed by atoms with Crippen molar-refractivity contribution in [2.75, 3.05) is 13.1 Å². The zero-order valence-electron chi connectivity index (χ0n) is 8.81. The molecule has 0 aromatic carbocycles. The number of piperidine rings is 2. The van der Waals surface area contributed by atoms with Crippen LogP contribution in [-0.4, -0.2) is 29.2 Å². The summed E-state index contributed by atoms with van der Waals surface area (Å²) >= 11 is 0. The second-order valence-electron chi connectivity index (χ2n) is 4.50. The topological polar surface area (TPSA) is 47.0 Å². The largest absolute Gasteiger partial charge is 0.473 e. The van der Waals surface area contributed by atoms with E-state index in [9.17, 15) is 0 Å². The Labute approximate surface area is 89.1 Å². The van der Waals surface area contributed by atoms with Crippen molar-refractivity contribution in [2.45, 2.75) is 19.4 Å². The molecule has 1 aliphatic carbocycles. The number of hydrogen-bond donors (Lipinski definition) is 1. The number of rotatable bonds is 2. The maximum absolute atomic E-state index is 5.88. The van der Waals surface area contributed by atoms with Gasteiger partial charge in [0.25, 0.3) is 0 Å². The van der Waals surface area contributed by atoms with E-state index in [2.05, 4.69) is 15.3 Å². The summed E-state index contributed by atoms with van der Waals surface area (Å²) in [6.07, 6.45) is 5.11. The van der Waals surface area contributed by atoms with Crippen LogP contribution in [0.5, 0.6) is 5.88 Å². The average molecular weight is 205 g/mol. The second-order valence-corrected chi connectivity index (χ2v) is 4.50. The molecular weight excluding hydrogens is 190 g/mol. The van der Waals surface area contributed by atoms with Gasteiger partial charge in [0.1, 0.15) is 6.10 Å². The van der Waals surface area contributed by atoms with Gasteiger partial charge in [0.05, 0.1) is 11.9 Å². The molecular formula is C11H15N3O. The van der Waals surface area contributed by atoms with E-state index in [-0.39, 0.29) is 0 Å². The maximum atomic E-state index is 5.88. The van der Waals surface area contributed by atoms with Gasteiger partial charge in [-0.1, -0.05) is 0 Å². The molecule has 1 saturated carbocycles. The Kier molecular flexibility index (Phi) is 2.09. The van der Waals surface area contributed by atoms with E-state index in [1.54, 1.807) is 12.4 Å². The maximum Gasteiger partial charge on any atom is 0.232 e. The molecule has 1 aromatic rings. The molecule has 4 heteroatoms. The Hall–Kier alpha value is -1.16. The van der Waals surface area contributed by atoms with Crippen LogP contribution in [0, 0.1) is 18.8 Å². The van der Waals surface area contributed by atoms with Crippen molar-refractivity contribution in [3.05, 3.63) is 18.1 Å². The van der Waals surface area contributed by atoms with Gasteiger partial charge in [0.15, 0.2) is 0 Å². The van der Waals surface area contributed by atoms with Crippen molar-refractivity contribution in [1.82, 2.24) is 15.3 Å². The van der Waals surface area contributed by atoms with Gasteiger partial charge in [0, 0.05) is 31.1 Å². The van der Waals surface area contributed by atoms with Crippen LogP contribution >= 0.6 is 0 Å². The van der Waals surface area contributed by atoms with E-state index < -0.39 is 0 Å². The highest BCUT2D eigenvalue weighted by atomic mass is 16.5. The molecule has 4 nitrogen and oxygen atoms in total. The highest BCUT2D eigenvalue weighted by molar-refractivity contribution is 5.10. The number of nitrogens with one attached hydrogen (secondary N) is 1. The van der Waals surface area contributed by atoms with Gasteiger partial charge in [-0.2, -0.15) is 0 Å². The lowest BCUT2D eigenvalue weighted by Gasteiger charge is -2.48. The molecule has 1 saturated heterocycles. The summed E-state index contributed by atoms with van der Waals surface area (Å²) in [5.74, 6) is 2.02. The minimum atomic E-state index is 0.363. The smallest absolute Gasteiger partial charge is 0.232 e. The molecule has 1 aromatic heterocycles. The third-order valence-corrected chi connectivity index (χ3v) is 3.34. The molecule has 2 heterocycles. The Morgan fingerprint density at radius 2 is 2.13 bits per heavy atom. The summed E-state index contributed by atoms with van der Waals surface area (Å²) in [7, 11) is 0. The first-order chi connectivity index (χ1) is 7.33. The first-order valence-corrected chi connectivity index (χ1v) is 5.49. The highest BCUT2D eigenvalue weighted by Crippen LogP contribution is 2.38. The average Bonchev–Trinajstić information content (AvgIpc) is 2.27. The van der Waals surface area contributed by atoms with Crippen LogP contribution in [0.15, 0.2) is 12.4 Å². The number of nitrogens with zero attached hydrogens (tertiary/aromatic N) is 2. The van der Waals surface area contributed by atoms with Crippen LogP contribution in [-0.2, 0) is 0 Å². The summed E-state index contributed by atoms with van der Waals surface area (Å²) < 4.78 is 5.88. The quantitative estimate of drug-likeness (QED) is 0.774. The number of ether oxygens (including phenoxy) is 1. The first kappa shape index (κ1) is 9.09. The third kappa shape index (κ3) is 1.59. The fourth-order valence-corrected chi connectivity index (χ4v) is 2.53. The van der Waals surface area contributed by atoms with E-state index in [1.807, 2.05) is 6.92 Å². The standard InChI is InChI=1S/C11H15N3O/c1-7-3-12-6-10(14-7)15-11-8-2-9(11)5-13-4-8/h3,6,8-9,11,13H,2,4-5H2,1H3/t8-,9+,11?. The molecule has 3 rings (SSSR count). The molecule has 0 amide bonds. The zero-order chi connectivity index (χ0) is 10.3. The molecule has 0 radical (unpaired) electrons. The van der Waals surface area contributed by atoms with Gasteiger partial charge >= 0.3 is 0 Å². The lowest BCUT2D eigenvalue weighted by Crippen LogP contribution is -2.59. The van der Waals surface area contributed by atoms with Gasteiger partial charge < -0.3 is 10.1 Å². The fourth-order valence-electron chi connectivity index (χ4n) is 2.53. The van der Waals surface area contributed by atoms with Gasteiger partial charge in [-0.15, -0.1) is 0 Å². The van der Waals surface area contributed by atoms with Crippen LogP contribution < -0.4 is 10.1 Å². The number of aromatic nitrogens is 2. The summed E-state index contributed by atoms with van der Waals surface area (Å²) in [6, 6.07) is 0. The molecule has 1 N–H and O–H groups in total. The molecule has 3 atom stereocenters. The molecule has 80 valence electrons. The minimum Gasteiger partial charge on any atom is -0.473 e. The number of fused-ring (bicyclic) bond motifs is 2. The van der Waals surface area contributed by atoms with Crippen molar-refractivity contribution < 1.29 is 4.74 Å². The molecule has 2 fully saturated rings. The summed E-state index contributed by atoms with van der Waals surface area (Å²) in [5.41, 5.74) is 0.912. The predicted octanol–water partition coefficient (Wildman–Crippen LogP) is 0.772. The van der Waals surface area contributed by atoms with E-state index >= 15 is 0 Å². The second kappa shape index (κ2) is 3.45. The van der Waals surface area contributed by atoms with Crippen molar-refractivity contribution in [3.8, 4) is 5.88 Å². The zero-order valence-corrected chi connectivity index (χ0v) is 8.81. The molecule has 0 spiro atoms. The molecule has 15 heavy (non-hydrogen) atoms. The highest BCUT2D eigenvalue weighted by Gasteiger charge is 2.45. The van der Waals surface area contributed by atoms with Crippen molar-refractivity contribution in [1.29, 1.82) is 0 Å². The predicted molar refractivity (Wildman–Crippen MR) is 55.7 cm³/mol. The summed E-state index contributed by atoms with van der Waals surface area (Å²) in [4.78, 5) is 8.40. The Morgan fingerprint density at radius 1 is 1.33 bits per heavy atom. The monoisotopic (exact) mass is 205 g/mol. The van der Waals surface area contributed by atoms with E-state index in [0.717, 1.165) is 18.8 Å². The van der Waals surface area contributed by atoms with Gasteiger partial charge in [0.2, 0.25) is 5.88 Å². The first-order valence-electron chi connectivity index (χ1n) is 5.49. The Bertz CT molecular complexity index is 355. The third-order valence-electron chi connectivity index (χ3n) is 3.34. The van der Waals surface area contributed by atoms with Crippen molar-refractivity contribution in [2.24, 2.45) is 11.8 Å². The number of hydrogen-bond acceptors (Lipinski definition) is 4. The van der Waals surface area contributed by atoms with E-state index in [1.165, 1.54) is 6.42 Å². The normalized spacial score (nSPS) is 33.3. The van der Waals surface area contributed by atoms with Crippen LogP contribution in [0.1, 0.15) is 12.1 Å². The van der Waals surface area contributed by atoms with Crippen LogP contribution in [0.3, 0.4) is 0 Å². The summed E-state index contributed by atoms with van der Waals surface area (Å²) in [6.45, 7) is 4.10. The van der Waals surface area contributed by atoms with Gasteiger partial charge in [-0.25, -0.2) is 4.98 Å². The molecule has 1 unspecified atom stereocenters. The SMILES string of the molecule is Cc1cncc(OC2[C@@H]3CNC[C@H]2C3)n1. The van der Waals surface area contributed by atoms with Gasteiger partial charge in [-0.05, 0) is 13.3 Å². The van der Waals surface area contributed by atoms with Crippen LogP contribution in [0.2, 0.25) is 0 Å². The summed E-state index contributed by atoms with van der Waals surface area (Å²) in [5, 5.41) is 3.40. The number of aryl methyl sites for hydroxylation is 1. The Balaban J connectivity index is 1.70. The lowest BCUT2D eigenvalue weighted by molar-refractivity contribution is -0.0472. The minimum absolute atomic E-state index is 0.363. The van der Waals surface area contributed by atoms with E-state index in [4.69, 9.17) is 4.74 Å². The molecule has 2 aliphatic rings. The van der Waals surface area contributed by atoms with Crippen LogP contribution in [0.25, 0.3) is 0 Å². The lowest BCUT2D eigenvalue weighted by atomic mass is 9.69. The molecule has 2 bridgehead atoms. The van der Waals surface area contributed by atoms with Crippen molar-refractivity contribution in [3.63, 3.8) is 0 Å². The van der Waals surface area contributed by atoms with Crippen molar-refractivity contribution >= 4 is 0 Å². The van der Waals surface area contributed by atoms with Crippen LogP contribution in [0.4, 0.5) is 0 Å². The Morgan fingerprint density at radius 3 is 2.80 bits per heavy atom. The fraction of sp³-hybridized carbons (Fsp3) is 0.636.